The molecule has 0 fully saturated rings. The molecule has 6 nitrogen and oxygen atoms in total. The molecule has 2 N–H and O–H groups in total. The Kier molecular flexibility index (Phi) is 6.11. The van der Waals surface area contributed by atoms with E-state index in [-0.39, 0.29) is 23.2 Å². The second kappa shape index (κ2) is 9.12. The van der Waals surface area contributed by atoms with Gasteiger partial charge in [-0.1, -0.05) is 12.1 Å². The van der Waals surface area contributed by atoms with Crippen molar-refractivity contribution in [3.63, 3.8) is 0 Å². The zero-order valence-electron chi connectivity index (χ0n) is 17.3. The number of nitrogens with one attached hydrogen (secondary N) is 2. The molecule has 1 atom stereocenters. The molecule has 1 aromatic heterocycles. The molecule has 0 spiro atoms. The highest BCUT2D eigenvalue weighted by molar-refractivity contribution is 5.78. The molecule has 0 bridgehead atoms. The van der Waals surface area contributed by atoms with Gasteiger partial charge in [0.1, 0.15) is 17.4 Å². The summed E-state index contributed by atoms with van der Waals surface area (Å²) in [7, 11) is 1.61. The average Bonchev–Trinajstić information content (AvgIpc) is 3.01. The molecule has 7 heteroatoms. The van der Waals surface area contributed by atoms with Gasteiger partial charge < -0.3 is 15.0 Å². The van der Waals surface area contributed by atoms with Crippen LogP contribution < -0.4 is 15.6 Å². The van der Waals surface area contributed by atoms with Crippen LogP contribution >= 0.6 is 0 Å². The van der Waals surface area contributed by atoms with Gasteiger partial charge in [-0.2, -0.15) is 0 Å². The number of fused-ring (bicyclic) bond motifs is 1. The zero-order chi connectivity index (χ0) is 21.8. The van der Waals surface area contributed by atoms with Gasteiger partial charge in [-0.25, -0.2) is 9.37 Å². The number of aromatic nitrogens is 2. The predicted molar refractivity (Wildman–Crippen MR) is 115 cm³/mol. The number of hydrogen-bond donors (Lipinski definition) is 2. The lowest BCUT2D eigenvalue weighted by Gasteiger charge is -2.14. The van der Waals surface area contributed by atoms with Crippen molar-refractivity contribution in [3.05, 3.63) is 81.5 Å². The Morgan fingerprint density at radius 1 is 1.13 bits per heavy atom. The Hall–Kier alpha value is -3.48. The molecular formula is C24H24FN3O3. The van der Waals surface area contributed by atoms with E-state index in [1.165, 1.54) is 12.1 Å². The van der Waals surface area contributed by atoms with E-state index in [9.17, 15) is 14.0 Å². The minimum absolute atomic E-state index is 0.0150. The largest absolute Gasteiger partial charge is 0.497 e. The summed E-state index contributed by atoms with van der Waals surface area (Å²) in [6, 6.07) is 13.4. The predicted octanol–water partition coefficient (Wildman–Crippen LogP) is 3.40. The van der Waals surface area contributed by atoms with Gasteiger partial charge in [0.2, 0.25) is 5.91 Å². The van der Waals surface area contributed by atoms with Gasteiger partial charge in [-0.15, -0.1) is 0 Å². The van der Waals surface area contributed by atoms with Crippen molar-refractivity contribution < 1.29 is 13.9 Å². The summed E-state index contributed by atoms with van der Waals surface area (Å²) in [6.07, 6.45) is 2.28. The first-order chi connectivity index (χ1) is 15.0. The summed E-state index contributed by atoms with van der Waals surface area (Å²) in [4.78, 5) is 32.8. The molecule has 31 heavy (non-hydrogen) atoms. The number of methoxy groups -OCH3 is 1. The maximum absolute atomic E-state index is 13.2. The second-order valence-electron chi connectivity index (χ2n) is 7.69. The highest BCUT2D eigenvalue weighted by atomic mass is 19.1. The molecule has 2 aromatic carbocycles. The number of halogens is 1. The van der Waals surface area contributed by atoms with Crippen LogP contribution in [0, 0.1) is 11.7 Å². The third-order valence-electron chi connectivity index (χ3n) is 5.69. The minimum Gasteiger partial charge on any atom is -0.497 e. The lowest BCUT2D eigenvalue weighted by molar-refractivity contribution is -0.125. The Balaban J connectivity index is 1.43. The standard InChI is InChI=1S/C24H24FN3O3/c1-31-19-10-2-15(3-11-19)14-26-23(29)17-6-12-20-21(13-7-17)27-22(28-24(20)30)16-4-8-18(25)9-5-16/h2-5,8-11,17H,6-7,12-14H2,1H3,(H,26,29)(H,27,28,30). The first kappa shape index (κ1) is 20.8. The van der Waals surface area contributed by atoms with Crippen molar-refractivity contribution >= 4 is 5.91 Å². The van der Waals surface area contributed by atoms with Crippen LogP contribution in [0.4, 0.5) is 4.39 Å². The second-order valence-corrected chi connectivity index (χ2v) is 7.69. The molecule has 160 valence electrons. The van der Waals surface area contributed by atoms with E-state index in [1.807, 2.05) is 24.3 Å². The van der Waals surface area contributed by atoms with Crippen molar-refractivity contribution in [2.75, 3.05) is 7.11 Å². The van der Waals surface area contributed by atoms with E-state index in [0.717, 1.165) is 11.3 Å². The number of nitrogens with zero attached hydrogens (tertiary/aromatic N) is 1. The summed E-state index contributed by atoms with van der Waals surface area (Å²) in [5.41, 5.74) is 2.81. The van der Waals surface area contributed by atoms with Crippen LogP contribution in [-0.4, -0.2) is 23.0 Å². The summed E-state index contributed by atoms with van der Waals surface area (Å²) in [5, 5.41) is 3.00. The highest BCUT2D eigenvalue weighted by Gasteiger charge is 2.25. The van der Waals surface area contributed by atoms with Gasteiger partial charge in [-0.05, 0) is 67.6 Å². The van der Waals surface area contributed by atoms with Gasteiger partial charge in [0.05, 0.1) is 12.8 Å². The first-order valence-electron chi connectivity index (χ1n) is 10.3. The third kappa shape index (κ3) is 4.82. The molecule has 1 heterocycles. The number of aryl methyl sites for hydroxylation is 1. The summed E-state index contributed by atoms with van der Waals surface area (Å²) < 4.78 is 18.3. The number of hydrogen-bond acceptors (Lipinski definition) is 4. The zero-order valence-corrected chi connectivity index (χ0v) is 17.3. The number of carbonyl (C=O) groups is 1. The SMILES string of the molecule is COc1ccc(CNC(=O)C2CCc3nc(-c4ccc(F)cc4)[nH]c(=O)c3CC2)cc1. The highest BCUT2D eigenvalue weighted by Crippen LogP contribution is 2.24. The van der Waals surface area contributed by atoms with E-state index in [0.29, 0.717) is 54.9 Å². The van der Waals surface area contributed by atoms with Gasteiger partial charge in [-0.3, -0.25) is 9.59 Å². The molecule has 4 rings (SSSR count). The molecule has 3 aromatic rings. The Labute approximate surface area is 179 Å². The molecular weight excluding hydrogens is 397 g/mol. The van der Waals surface area contributed by atoms with Gasteiger partial charge in [0.15, 0.2) is 0 Å². The number of rotatable bonds is 5. The fourth-order valence-electron chi connectivity index (χ4n) is 3.87. The first-order valence-corrected chi connectivity index (χ1v) is 10.3. The number of benzene rings is 2. The molecule has 0 aliphatic heterocycles. The molecule has 1 aliphatic carbocycles. The number of carbonyl (C=O) groups excluding carboxylic acids is 1. The third-order valence-corrected chi connectivity index (χ3v) is 5.69. The van der Waals surface area contributed by atoms with E-state index >= 15 is 0 Å². The smallest absolute Gasteiger partial charge is 0.254 e. The summed E-state index contributed by atoms with van der Waals surface area (Å²) in [5.74, 6) is 0.657. The van der Waals surface area contributed by atoms with Gasteiger partial charge in [0.25, 0.3) is 5.56 Å². The van der Waals surface area contributed by atoms with Crippen molar-refractivity contribution in [3.8, 4) is 17.1 Å². The van der Waals surface area contributed by atoms with Crippen LogP contribution in [0.5, 0.6) is 5.75 Å². The van der Waals surface area contributed by atoms with Crippen molar-refractivity contribution in [2.24, 2.45) is 5.92 Å². The van der Waals surface area contributed by atoms with E-state index < -0.39 is 0 Å². The number of aromatic amines is 1. The molecule has 0 saturated carbocycles. The molecule has 1 aliphatic rings. The van der Waals surface area contributed by atoms with Gasteiger partial charge >= 0.3 is 0 Å². The molecule has 0 radical (unpaired) electrons. The Bertz CT molecular complexity index is 1120. The number of H-pyrrole nitrogens is 1. The van der Waals surface area contributed by atoms with Crippen LogP contribution in [0.15, 0.2) is 53.3 Å². The van der Waals surface area contributed by atoms with E-state index in [4.69, 9.17) is 4.74 Å². The van der Waals surface area contributed by atoms with Crippen molar-refractivity contribution in [1.29, 1.82) is 0 Å². The van der Waals surface area contributed by atoms with Crippen molar-refractivity contribution in [1.82, 2.24) is 15.3 Å². The topological polar surface area (TPSA) is 84.1 Å². The van der Waals surface area contributed by atoms with E-state index in [1.54, 1.807) is 19.2 Å². The Morgan fingerprint density at radius 3 is 2.55 bits per heavy atom. The normalized spacial score (nSPS) is 15.6. The van der Waals surface area contributed by atoms with Crippen LogP contribution in [0.25, 0.3) is 11.4 Å². The quantitative estimate of drug-likeness (QED) is 0.619. The summed E-state index contributed by atoms with van der Waals surface area (Å²) >= 11 is 0. The molecule has 0 saturated heterocycles. The lowest BCUT2D eigenvalue weighted by atomic mass is 9.98. The van der Waals surface area contributed by atoms with Crippen LogP contribution in [-0.2, 0) is 24.2 Å². The summed E-state index contributed by atoms with van der Waals surface area (Å²) in [6.45, 7) is 0.444. The van der Waals surface area contributed by atoms with Gasteiger partial charge in [0, 0.05) is 23.6 Å². The fourth-order valence-corrected chi connectivity index (χ4v) is 3.87. The average molecular weight is 421 g/mol. The van der Waals surface area contributed by atoms with Crippen molar-refractivity contribution in [2.45, 2.75) is 32.2 Å². The van der Waals surface area contributed by atoms with Crippen LogP contribution in [0.1, 0.15) is 29.7 Å². The number of amides is 1. The fraction of sp³-hybridized carbons (Fsp3) is 0.292. The maximum atomic E-state index is 13.2. The number of ether oxygens (including phenoxy) is 1. The minimum atomic E-state index is -0.343. The van der Waals surface area contributed by atoms with Crippen LogP contribution in [0.2, 0.25) is 0 Å². The molecule has 1 unspecified atom stereocenters. The van der Waals surface area contributed by atoms with Crippen LogP contribution in [0.3, 0.4) is 0 Å². The van der Waals surface area contributed by atoms with E-state index in [2.05, 4.69) is 15.3 Å². The lowest BCUT2D eigenvalue weighted by Crippen LogP contribution is -2.30. The Morgan fingerprint density at radius 2 is 1.84 bits per heavy atom. The molecule has 1 amide bonds. The maximum Gasteiger partial charge on any atom is 0.254 e. The monoisotopic (exact) mass is 421 g/mol.